The number of aliphatic hydroxyl groups is 5. The lowest BCUT2D eigenvalue weighted by molar-refractivity contribution is -0.118. The number of methoxy groups -OCH3 is 1. The van der Waals surface area contributed by atoms with Gasteiger partial charge in [0.25, 0.3) is 5.91 Å². The van der Waals surface area contributed by atoms with Gasteiger partial charge in [0.2, 0.25) is 5.91 Å². The minimum absolute atomic E-state index is 0.0229. The third-order valence-electron chi connectivity index (χ3n) is 9.57. The van der Waals surface area contributed by atoms with Crippen LogP contribution in [0, 0.1) is 28.4 Å². The molecule has 0 aliphatic carbocycles. The predicted octanol–water partition coefficient (Wildman–Crippen LogP) is 3.75. The monoisotopic (exact) mass is 792 g/mol. The average molecular weight is 794 g/mol. The van der Waals surface area contributed by atoms with E-state index >= 15 is 8.78 Å². The Labute approximate surface area is 321 Å². The standard InChI is InChI=1S/C38H44Cl2F2N4O8/c1-37(2,3)15-29-38(18-43,22-11-10-20(39)14-24(22)41)30(21-7-6-8-23(40)31(21)42)32(45-29)35(52)44-25-12-9-19(13-28(25)54-5)36(53)46(4)16-26(48)33(50)34(51)27(49)17-47/h6-14,26-27,29-30,32-34,45,47-51H,15-17H2,1-5H3,(H,44,52)/t26-,27+,29-,30-,32+,33+,34+,38-/m0/s1. The van der Waals surface area contributed by atoms with Crippen molar-refractivity contribution >= 4 is 40.7 Å². The minimum Gasteiger partial charge on any atom is -0.495 e. The third kappa shape index (κ3) is 8.80. The Morgan fingerprint density at radius 3 is 2.31 bits per heavy atom. The molecule has 1 heterocycles. The van der Waals surface area contributed by atoms with E-state index in [2.05, 4.69) is 16.7 Å². The zero-order valence-corrected chi connectivity index (χ0v) is 31.7. The van der Waals surface area contributed by atoms with Crippen LogP contribution >= 0.6 is 23.2 Å². The number of rotatable bonds is 13. The summed E-state index contributed by atoms with van der Waals surface area (Å²) in [6.45, 7) is 4.40. The second-order valence-electron chi connectivity index (χ2n) is 14.6. The molecule has 292 valence electrons. The lowest BCUT2D eigenvalue weighted by atomic mass is 9.62. The van der Waals surface area contributed by atoms with Gasteiger partial charge >= 0.3 is 0 Å². The Balaban J connectivity index is 1.73. The molecule has 1 aliphatic heterocycles. The topological polar surface area (TPSA) is 196 Å². The van der Waals surface area contributed by atoms with Crippen molar-refractivity contribution in [3.8, 4) is 11.8 Å². The maximum atomic E-state index is 16.0. The number of likely N-dealkylation sites (N-methyl/N-ethyl adjacent to an activating group) is 1. The molecule has 0 aromatic heterocycles. The maximum absolute atomic E-state index is 16.0. The number of amides is 2. The highest BCUT2D eigenvalue weighted by Gasteiger charge is 2.61. The summed E-state index contributed by atoms with van der Waals surface area (Å²) in [6, 6.07) is 12.1. The molecule has 3 aromatic rings. The summed E-state index contributed by atoms with van der Waals surface area (Å²) < 4.78 is 37.5. The molecule has 8 atom stereocenters. The number of nitrogens with one attached hydrogen (secondary N) is 2. The fourth-order valence-electron chi connectivity index (χ4n) is 6.95. The van der Waals surface area contributed by atoms with Gasteiger partial charge in [0.05, 0.1) is 36.5 Å². The van der Waals surface area contributed by atoms with Gasteiger partial charge in [-0.05, 0) is 53.8 Å². The van der Waals surface area contributed by atoms with Gasteiger partial charge in [-0.25, -0.2) is 8.78 Å². The van der Waals surface area contributed by atoms with Crippen LogP contribution in [-0.4, -0.2) is 106 Å². The quantitative estimate of drug-likeness (QED) is 0.134. The number of ether oxygens (including phenoxy) is 1. The molecule has 0 saturated carbocycles. The molecule has 4 rings (SSSR count). The van der Waals surface area contributed by atoms with Gasteiger partial charge in [0, 0.05) is 41.7 Å². The first kappa shape index (κ1) is 42.8. The molecule has 3 aromatic carbocycles. The predicted molar refractivity (Wildman–Crippen MR) is 197 cm³/mol. The Morgan fingerprint density at radius 2 is 1.72 bits per heavy atom. The first-order valence-corrected chi connectivity index (χ1v) is 17.7. The SMILES string of the molecule is COc1cc(C(=O)N(C)C[C@H](O)[C@@H](O)[C@H](O)[C@H](O)CO)ccc1NC(=O)[C@@H]1N[C@@H](CC(C)(C)C)[C@](C#N)(c2ccc(Cl)cc2F)[C@H]1c1cccc(Cl)c1F. The highest BCUT2D eigenvalue weighted by Crippen LogP contribution is 2.53. The van der Waals surface area contributed by atoms with Crippen molar-refractivity contribution in [2.45, 2.75) is 75.0 Å². The first-order valence-electron chi connectivity index (χ1n) is 16.9. The van der Waals surface area contributed by atoms with Crippen LogP contribution in [0.1, 0.15) is 54.6 Å². The van der Waals surface area contributed by atoms with Crippen LogP contribution in [0.25, 0.3) is 0 Å². The molecule has 1 aliphatic rings. The molecule has 1 saturated heterocycles. The molecular weight excluding hydrogens is 749 g/mol. The smallest absolute Gasteiger partial charge is 0.253 e. The van der Waals surface area contributed by atoms with Crippen molar-refractivity contribution in [3.63, 3.8) is 0 Å². The molecule has 0 bridgehead atoms. The number of hydrogen-bond acceptors (Lipinski definition) is 10. The summed E-state index contributed by atoms with van der Waals surface area (Å²) in [7, 11) is 2.60. The van der Waals surface area contributed by atoms with Crippen molar-refractivity contribution in [2.75, 3.05) is 32.6 Å². The number of halogens is 4. The minimum atomic E-state index is -1.89. The maximum Gasteiger partial charge on any atom is 0.253 e. The van der Waals surface area contributed by atoms with Gasteiger partial charge in [-0.1, -0.05) is 62.2 Å². The Kier molecular flexibility index (Phi) is 13.7. The van der Waals surface area contributed by atoms with Gasteiger partial charge < -0.3 is 45.8 Å². The molecule has 54 heavy (non-hydrogen) atoms. The van der Waals surface area contributed by atoms with Crippen LogP contribution in [0.3, 0.4) is 0 Å². The van der Waals surface area contributed by atoms with Gasteiger partial charge in [0.15, 0.2) is 0 Å². The van der Waals surface area contributed by atoms with Gasteiger partial charge in [0.1, 0.15) is 47.2 Å². The van der Waals surface area contributed by atoms with E-state index in [4.69, 9.17) is 33.0 Å². The molecule has 1 fully saturated rings. The summed E-state index contributed by atoms with van der Waals surface area (Å²) in [4.78, 5) is 28.7. The van der Waals surface area contributed by atoms with Gasteiger partial charge in [-0.2, -0.15) is 5.26 Å². The van der Waals surface area contributed by atoms with Gasteiger partial charge in [-0.15, -0.1) is 0 Å². The van der Waals surface area contributed by atoms with Crippen LogP contribution in [-0.2, 0) is 10.2 Å². The van der Waals surface area contributed by atoms with E-state index in [0.29, 0.717) is 0 Å². The number of benzene rings is 3. The number of nitrogens with zero attached hydrogens (tertiary/aromatic N) is 2. The molecule has 7 N–H and O–H groups in total. The summed E-state index contributed by atoms with van der Waals surface area (Å²) in [5.74, 6) is -4.39. The molecule has 0 unspecified atom stereocenters. The zero-order chi connectivity index (χ0) is 40.3. The van der Waals surface area contributed by atoms with Crippen LogP contribution in [0.4, 0.5) is 14.5 Å². The van der Waals surface area contributed by atoms with E-state index in [0.717, 1.165) is 11.0 Å². The van der Waals surface area contributed by atoms with Crippen molar-refractivity contribution in [2.24, 2.45) is 5.41 Å². The van der Waals surface area contributed by atoms with E-state index in [1.807, 2.05) is 20.8 Å². The van der Waals surface area contributed by atoms with E-state index < -0.39 is 89.8 Å². The fourth-order valence-corrected chi connectivity index (χ4v) is 7.29. The Hall–Kier alpha value is -3.91. The van der Waals surface area contributed by atoms with Crippen LogP contribution < -0.4 is 15.4 Å². The molecular formula is C38H44Cl2F2N4O8. The number of nitriles is 1. The van der Waals surface area contributed by atoms with Crippen molar-refractivity contribution in [1.29, 1.82) is 5.26 Å². The Bertz CT molecular complexity index is 1890. The lowest BCUT2D eigenvalue weighted by Crippen LogP contribution is -2.49. The highest BCUT2D eigenvalue weighted by atomic mass is 35.5. The van der Waals surface area contributed by atoms with Crippen LogP contribution in [0.15, 0.2) is 54.6 Å². The summed E-state index contributed by atoms with van der Waals surface area (Å²) in [6.07, 6.45) is -6.93. The number of anilines is 1. The number of carbonyl (C=O) groups excluding carboxylic acids is 2. The van der Waals surface area contributed by atoms with E-state index in [9.17, 15) is 35.3 Å². The molecule has 2 amide bonds. The summed E-state index contributed by atoms with van der Waals surface area (Å²) >= 11 is 12.3. The van der Waals surface area contributed by atoms with Crippen molar-refractivity contribution in [1.82, 2.24) is 10.2 Å². The molecule has 16 heteroatoms. The van der Waals surface area contributed by atoms with Crippen LogP contribution in [0.2, 0.25) is 10.0 Å². The first-order chi connectivity index (χ1) is 25.3. The Morgan fingerprint density at radius 1 is 1.06 bits per heavy atom. The molecule has 12 nitrogen and oxygen atoms in total. The molecule has 0 radical (unpaired) electrons. The van der Waals surface area contributed by atoms with E-state index in [1.165, 1.54) is 62.7 Å². The van der Waals surface area contributed by atoms with Crippen molar-refractivity contribution in [3.05, 3.63) is 93.0 Å². The summed E-state index contributed by atoms with van der Waals surface area (Å²) in [5.41, 5.74) is -2.37. The average Bonchev–Trinajstić information content (AvgIpc) is 3.44. The fraction of sp³-hybridized carbons (Fsp3) is 0.447. The highest BCUT2D eigenvalue weighted by molar-refractivity contribution is 6.31. The van der Waals surface area contributed by atoms with Crippen LogP contribution in [0.5, 0.6) is 5.75 Å². The number of aliphatic hydroxyl groups excluding tert-OH is 5. The molecule has 0 spiro atoms. The lowest BCUT2D eigenvalue weighted by Gasteiger charge is -2.37. The van der Waals surface area contributed by atoms with Gasteiger partial charge in [-0.3, -0.25) is 9.59 Å². The second-order valence-corrected chi connectivity index (χ2v) is 15.4. The summed E-state index contributed by atoms with van der Waals surface area (Å²) in [5, 5.41) is 66.0. The third-order valence-corrected chi connectivity index (χ3v) is 10.1. The second kappa shape index (κ2) is 17.3. The number of hydrogen-bond donors (Lipinski definition) is 7. The van der Waals surface area contributed by atoms with E-state index in [-0.39, 0.29) is 44.6 Å². The zero-order valence-electron chi connectivity index (χ0n) is 30.2. The normalized spacial score (nSPS) is 22.1. The van der Waals surface area contributed by atoms with E-state index in [1.54, 1.807) is 0 Å². The largest absolute Gasteiger partial charge is 0.495 e. The number of carbonyl (C=O) groups is 2. The van der Waals surface area contributed by atoms with Crippen molar-refractivity contribution < 1.29 is 48.6 Å².